The number of carbonyl (C=O) groups is 1. The molecule has 0 aliphatic carbocycles. The van der Waals surface area contributed by atoms with E-state index < -0.39 is 0 Å². The van der Waals surface area contributed by atoms with Gasteiger partial charge < -0.3 is 4.79 Å². The van der Waals surface area contributed by atoms with Crippen molar-refractivity contribution in [1.82, 2.24) is 0 Å². The molecule has 0 heterocycles. The lowest BCUT2D eigenvalue weighted by molar-refractivity contribution is -0.116. The Bertz CT molecular complexity index is 607. The minimum atomic E-state index is 0.254. The number of benzene rings is 2. The van der Waals surface area contributed by atoms with Crippen LogP contribution >= 0.6 is 0 Å². The highest BCUT2D eigenvalue weighted by Crippen LogP contribution is 2.21. The third-order valence-corrected chi connectivity index (χ3v) is 4.58. The first kappa shape index (κ1) is 18.4. The minimum Gasteiger partial charge on any atom is -0.300 e. The van der Waals surface area contributed by atoms with Crippen molar-refractivity contribution in [2.75, 3.05) is 0 Å². The van der Waals surface area contributed by atoms with Crippen LogP contribution in [0, 0.1) is 0 Å². The topological polar surface area (TPSA) is 17.1 Å². The standard InChI is InChI=1S/C23H30O/c1-3-4-5-6-7-8-20-11-15-22(16-12-20)23-17-13-21(14-18-23)10-9-19(2)24/h11-18H,3-10H2,1-2H3. The number of aryl methyl sites for hydroxylation is 2. The van der Waals surface area contributed by atoms with Gasteiger partial charge >= 0.3 is 0 Å². The lowest BCUT2D eigenvalue weighted by atomic mass is 9.99. The van der Waals surface area contributed by atoms with Gasteiger partial charge in [-0.1, -0.05) is 81.1 Å². The molecule has 0 spiro atoms. The van der Waals surface area contributed by atoms with E-state index in [9.17, 15) is 4.79 Å². The summed E-state index contributed by atoms with van der Waals surface area (Å²) in [7, 11) is 0. The molecule has 0 bridgehead atoms. The zero-order valence-electron chi connectivity index (χ0n) is 15.2. The van der Waals surface area contributed by atoms with E-state index in [1.807, 2.05) is 0 Å². The summed E-state index contributed by atoms with van der Waals surface area (Å²) in [6, 6.07) is 17.6. The molecule has 0 saturated carbocycles. The highest BCUT2D eigenvalue weighted by molar-refractivity contribution is 5.75. The van der Waals surface area contributed by atoms with Gasteiger partial charge in [-0.3, -0.25) is 0 Å². The van der Waals surface area contributed by atoms with Crippen LogP contribution in [-0.4, -0.2) is 5.78 Å². The number of hydrogen-bond acceptors (Lipinski definition) is 1. The summed E-state index contributed by atoms with van der Waals surface area (Å²) in [6.45, 7) is 3.91. The van der Waals surface area contributed by atoms with Crippen molar-refractivity contribution in [1.29, 1.82) is 0 Å². The first-order chi connectivity index (χ1) is 11.7. The zero-order chi connectivity index (χ0) is 17.2. The fraction of sp³-hybridized carbons (Fsp3) is 0.435. The average molecular weight is 322 g/mol. The molecule has 1 nitrogen and oxygen atoms in total. The van der Waals surface area contributed by atoms with E-state index in [2.05, 4.69) is 55.5 Å². The molecular formula is C23H30O. The van der Waals surface area contributed by atoms with E-state index in [4.69, 9.17) is 0 Å². The average Bonchev–Trinajstić information content (AvgIpc) is 2.61. The normalized spacial score (nSPS) is 10.8. The number of unbranched alkanes of at least 4 members (excludes halogenated alkanes) is 4. The molecule has 2 rings (SSSR count). The van der Waals surface area contributed by atoms with Gasteiger partial charge in [-0.2, -0.15) is 0 Å². The molecule has 0 aromatic heterocycles. The summed E-state index contributed by atoms with van der Waals surface area (Å²) in [4.78, 5) is 11.1. The number of Topliss-reactive ketones (excluding diaryl/α,β-unsaturated/α-hetero) is 1. The van der Waals surface area contributed by atoms with Gasteiger partial charge in [0.1, 0.15) is 5.78 Å². The van der Waals surface area contributed by atoms with E-state index in [1.165, 1.54) is 60.8 Å². The van der Waals surface area contributed by atoms with E-state index in [1.54, 1.807) is 6.92 Å². The molecule has 0 N–H and O–H groups in total. The Morgan fingerprint density at radius 2 is 1.21 bits per heavy atom. The third-order valence-electron chi connectivity index (χ3n) is 4.58. The zero-order valence-corrected chi connectivity index (χ0v) is 15.2. The second-order valence-corrected chi connectivity index (χ2v) is 6.76. The molecule has 0 fully saturated rings. The highest BCUT2D eigenvalue weighted by Gasteiger charge is 2.01. The Balaban J connectivity index is 1.87. The Morgan fingerprint density at radius 3 is 1.71 bits per heavy atom. The molecular weight excluding hydrogens is 292 g/mol. The van der Waals surface area contributed by atoms with Gasteiger partial charge in [0.15, 0.2) is 0 Å². The Kier molecular flexibility index (Phi) is 7.74. The lowest BCUT2D eigenvalue weighted by Crippen LogP contribution is -1.93. The smallest absolute Gasteiger partial charge is 0.130 e. The van der Waals surface area contributed by atoms with Crippen LogP contribution < -0.4 is 0 Å². The summed E-state index contributed by atoms with van der Waals surface area (Å²) < 4.78 is 0. The molecule has 0 aliphatic heterocycles. The van der Waals surface area contributed by atoms with Crippen LogP contribution in [-0.2, 0) is 17.6 Å². The molecule has 0 amide bonds. The van der Waals surface area contributed by atoms with Crippen molar-refractivity contribution < 1.29 is 4.79 Å². The van der Waals surface area contributed by atoms with Crippen LogP contribution in [0.25, 0.3) is 11.1 Å². The molecule has 2 aromatic rings. The number of carbonyl (C=O) groups excluding carboxylic acids is 1. The van der Waals surface area contributed by atoms with Gasteiger partial charge in [0.05, 0.1) is 0 Å². The van der Waals surface area contributed by atoms with E-state index in [0.717, 1.165) is 6.42 Å². The van der Waals surface area contributed by atoms with Crippen molar-refractivity contribution in [2.24, 2.45) is 0 Å². The second kappa shape index (κ2) is 10.1. The first-order valence-electron chi connectivity index (χ1n) is 9.36. The summed E-state index contributed by atoms with van der Waals surface area (Å²) >= 11 is 0. The predicted molar refractivity (Wildman–Crippen MR) is 103 cm³/mol. The van der Waals surface area contributed by atoms with Crippen molar-refractivity contribution >= 4 is 5.78 Å². The number of ketones is 1. The maximum atomic E-state index is 11.1. The molecule has 0 saturated heterocycles. The maximum Gasteiger partial charge on any atom is 0.130 e. The van der Waals surface area contributed by atoms with E-state index in [-0.39, 0.29) is 5.78 Å². The van der Waals surface area contributed by atoms with Gasteiger partial charge in [0.25, 0.3) is 0 Å². The highest BCUT2D eigenvalue weighted by atomic mass is 16.1. The van der Waals surface area contributed by atoms with Crippen LogP contribution in [0.1, 0.15) is 63.5 Å². The van der Waals surface area contributed by atoms with Crippen molar-refractivity contribution in [3.05, 3.63) is 59.7 Å². The fourth-order valence-electron chi connectivity index (χ4n) is 2.98. The van der Waals surface area contributed by atoms with Crippen LogP contribution in [0.3, 0.4) is 0 Å². The van der Waals surface area contributed by atoms with Gasteiger partial charge in [0, 0.05) is 6.42 Å². The van der Waals surface area contributed by atoms with Crippen LogP contribution in [0.4, 0.5) is 0 Å². The Hall–Kier alpha value is -1.89. The van der Waals surface area contributed by atoms with Crippen LogP contribution in [0.2, 0.25) is 0 Å². The summed E-state index contributed by atoms with van der Waals surface area (Å²) in [5, 5.41) is 0. The molecule has 2 aromatic carbocycles. The number of hydrogen-bond donors (Lipinski definition) is 0. The first-order valence-corrected chi connectivity index (χ1v) is 9.36. The second-order valence-electron chi connectivity index (χ2n) is 6.76. The molecule has 0 unspecified atom stereocenters. The maximum absolute atomic E-state index is 11.1. The Morgan fingerprint density at radius 1 is 0.708 bits per heavy atom. The SMILES string of the molecule is CCCCCCCc1ccc(-c2ccc(CCC(C)=O)cc2)cc1. The van der Waals surface area contributed by atoms with Gasteiger partial charge in [-0.05, 0) is 48.4 Å². The molecule has 0 atom stereocenters. The monoisotopic (exact) mass is 322 g/mol. The quantitative estimate of drug-likeness (QED) is 0.463. The summed E-state index contributed by atoms with van der Waals surface area (Å²) in [5.41, 5.74) is 5.19. The Labute approximate surface area is 147 Å². The van der Waals surface area contributed by atoms with Gasteiger partial charge in [-0.25, -0.2) is 0 Å². The van der Waals surface area contributed by atoms with Crippen molar-refractivity contribution in [3.63, 3.8) is 0 Å². The largest absolute Gasteiger partial charge is 0.300 e. The molecule has 1 heteroatoms. The number of rotatable bonds is 10. The predicted octanol–water partition coefficient (Wildman–Crippen LogP) is 6.39. The van der Waals surface area contributed by atoms with Crippen LogP contribution in [0.5, 0.6) is 0 Å². The molecule has 0 aliphatic rings. The summed E-state index contributed by atoms with van der Waals surface area (Å²) in [6.07, 6.45) is 9.34. The van der Waals surface area contributed by atoms with Crippen molar-refractivity contribution in [3.8, 4) is 11.1 Å². The van der Waals surface area contributed by atoms with Crippen molar-refractivity contribution in [2.45, 2.75) is 65.2 Å². The van der Waals surface area contributed by atoms with Crippen LogP contribution in [0.15, 0.2) is 48.5 Å². The lowest BCUT2D eigenvalue weighted by Gasteiger charge is -2.06. The summed E-state index contributed by atoms with van der Waals surface area (Å²) in [5.74, 6) is 0.254. The fourth-order valence-corrected chi connectivity index (χ4v) is 2.98. The van der Waals surface area contributed by atoms with Gasteiger partial charge in [-0.15, -0.1) is 0 Å². The van der Waals surface area contributed by atoms with E-state index >= 15 is 0 Å². The third kappa shape index (κ3) is 6.31. The van der Waals surface area contributed by atoms with E-state index in [0.29, 0.717) is 6.42 Å². The molecule has 24 heavy (non-hydrogen) atoms. The van der Waals surface area contributed by atoms with Gasteiger partial charge in [0.2, 0.25) is 0 Å². The minimum absolute atomic E-state index is 0.254. The molecule has 0 radical (unpaired) electrons. The molecule has 128 valence electrons.